The zero-order valence-electron chi connectivity index (χ0n) is 14.8. The van der Waals surface area contributed by atoms with Gasteiger partial charge in [-0.3, -0.25) is 4.52 Å². The van der Waals surface area contributed by atoms with Crippen LogP contribution in [0.4, 0.5) is 4.79 Å². The standard InChI is InChI=1S/C17H21NO2.C2H5O2P/c1-3-5-11-17(12-15(17)4-2)18-16(19)20-13-14-9-7-6-8-10-14;1-2-4-5-3/h4-11,15H,2-3,12-13H2,1H3,(H,18,19);2H2,1H3. The third-order valence-electron chi connectivity index (χ3n) is 3.72. The molecule has 1 aromatic rings. The molecule has 2 atom stereocenters. The van der Waals surface area contributed by atoms with Crippen molar-refractivity contribution < 1.29 is 18.6 Å². The van der Waals surface area contributed by atoms with Crippen LogP contribution < -0.4 is 5.32 Å². The Bertz CT molecular complexity index is 576. The smallest absolute Gasteiger partial charge is 0.408 e. The number of allylic oxidation sites excluding steroid dienone is 1. The Morgan fingerprint density at radius 3 is 2.60 bits per heavy atom. The van der Waals surface area contributed by atoms with Gasteiger partial charge in [0.25, 0.3) is 0 Å². The van der Waals surface area contributed by atoms with Crippen molar-refractivity contribution in [1.29, 1.82) is 0 Å². The molecule has 2 unspecified atom stereocenters. The number of rotatable bonds is 8. The van der Waals surface area contributed by atoms with E-state index in [-0.39, 0.29) is 20.3 Å². The van der Waals surface area contributed by atoms with E-state index in [1.165, 1.54) is 0 Å². The summed E-state index contributed by atoms with van der Waals surface area (Å²) in [5, 5.41) is 2.95. The first-order valence-corrected chi connectivity index (χ1v) is 9.08. The van der Waals surface area contributed by atoms with E-state index in [4.69, 9.17) is 4.74 Å². The fourth-order valence-electron chi connectivity index (χ4n) is 2.31. The summed E-state index contributed by atoms with van der Waals surface area (Å²) in [7, 11) is -0.220. The number of nitrogens with one attached hydrogen (secondary N) is 1. The van der Waals surface area contributed by atoms with Crippen LogP contribution in [0.1, 0.15) is 32.3 Å². The van der Waals surface area contributed by atoms with Crippen LogP contribution in [0.15, 0.2) is 55.1 Å². The highest BCUT2D eigenvalue weighted by Gasteiger charge is 2.51. The van der Waals surface area contributed by atoms with Crippen LogP contribution >= 0.6 is 8.69 Å². The molecular formula is C19H26NO4P. The van der Waals surface area contributed by atoms with Crippen LogP contribution in [0.25, 0.3) is 0 Å². The highest BCUT2D eigenvalue weighted by atomic mass is 31.1. The molecule has 6 heteroatoms. The Morgan fingerprint density at radius 2 is 2.12 bits per heavy atom. The maximum atomic E-state index is 11.9. The molecule has 1 N–H and O–H groups in total. The second-order valence-electron chi connectivity index (χ2n) is 5.58. The molecule has 2 rings (SSSR count). The zero-order chi connectivity index (χ0) is 18.5. The second kappa shape index (κ2) is 11.6. The van der Waals surface area contributed by atoms with E-state index >= 15 is 0 Å². The van der Waals surface area contributed by atoms with Gasteiger partial charge in [0, 0.05) is 5.92 Å². The maximum Gasteiger partial charge on any atom is 0.408 e. The maximum absolute atomic E-state index is 11.9. The van der Waals surface area contributed by atoms with Gasteiger partial charge in [0.2, 0.25) is 0 Å². The zero-order valence-corrected chi connectivity index (χ0v) is 15.7. The number of carbonyl (C=O) groups excluding carboxylic acids is 1. The van der Waals surface area contributed by atoms with Gasteiger partial charge in [-0.2, -0.15) is 0 Å². The van der Waals surface area contributed by atoms with Gasteiger partial charge in [-0.25, -0.2) is 9.36 Å². The summed E-state index contributed by atoms with van der Waals surface area (Å²) in [4.78, 5) is 11.9. The van der Waals surface area contributed by atoms with Gasteiger partial charge in [-0.05, 0) is 25.3 Å². The van der Waals surface area contributed by atoms with E-state index in [1.54, 1.807) is 6.92 Å². The molecule has 25 heavy (non-hydrogen) atoms. The lowest BCUT2D eigenvalue weighted by atomic mass is 10.1. The number of benzene rings is 1. The highest BCUT2D eigenvalue weighted by molar-refractivity contribution is 7.17. The number of alkyl carbamates (subject to hydrolysis) is 1. The molecule has 0 aliphatic heterocycles. The van der Waals surface area contributed by atoms with Gasteiger partial charge in [0.15, 0.2) is 0 Å². The highest BCUT2D eigenvalue weighted by Crippen LogP contribution is 2.45. The average Bonchev–Trinajstić information content (AvgIpc) is 3.33. The summed E-state index contributed by atoms with van der Waals surface area (Å²) >= 11 is 0. The van der Waals surface area contributed by atoms with Crippen molar-refractivity contribution in [2.24, 2.45) is 5.92 Å². The predicted molar refractivity (Wildman–Crippen MR) is 99.5 cm³/mol. The van der Waals surface area contributed by atoms with Gasteiger partial charge in [0.05, 0.1) is 12.1 Å². The molecule has 136 valence electrons. The van der Waals surface area contributed by atoms with E-state index in [2.05, 4.69) is 35.5 Å². The van der Waals surface area contributed by atoms with Crippen molar-refractivity contribution in [2.75, 3.05) is 6.61 Å². The van der Waals surface area contributed by atoms with Crippen molar-refractivity contribution in [2.45, 2.75) is 38.8 Å². The molecule has 1 aromatic carbocycles. The average molecular weight is 363 g/mol. The molecule has 0 spiro atoms. The minimum atomic E-state index is -0.376. The molecule has 5 nitrogen and oxygen atoms in total. The minimum Gasteiger partial charge on any atom is -0.445 e. The first kappa shape index (κ1) is 21.1. The van der Waals surface area contributed by atoms with E-state index in [0.717, 1.165) is 18.4 Å². The lowest BCUT2D eigenvalue weighted by molar-refractivity contribution is 0.136. The van der Waals surface area contributed by atoms with Gasteiger partial charge < -0.3 is 10.1 Å². The molecule has 1 amide bonds. The monoisotopic (exact) mass is 363 g/mol. The number of carbonyl (C=O) groups is 1. The van der Waals surface area contributed by atoms with E-state index in [1.807, 2.05) is 36.4 Å². The Hall–Kier alpha value is -1.97. The van der Waals surface area contributed by atoms with E-state index in [9.17, 15) is 9.36 Å². The van der Waals surface area contributed by atoms with Crippen LogP contribution in [0.3, 0.4) is 0 Å². The third kappa shape index (κ3) is 7.63. The molecule has 0 aromatic heterocycles. The molecule has 1 aliphatic carbocycles. The first-order valence-electron chi connectivity index (χ1n) is 8.35. The van der Waals surface area contributed by atoms with Crippen molar-refractivity contribution in [1.82, 2.24) is 5.32 Å². The minimum absolute atomic E-state index is 0.220. The van der Waals surface area contributed by atoms with E-state index in [0.29, 0.717) is 19.1 Å². The van der Waals surface area contributed by atoms with Crippen molar-refractivity contribution in [3.8, 4) is 0 Å². The second-order valence-corrected chi connectivity index (χ2v) is 5.98. The van der Waals surface area contributed by atoms with Gasteiger partial charge in [-0.15, -0.1) is 6.58 Å². The van der Waals surface area contributed by atoms with Gasteiger partial charge in [-0.1, -0.05) is 55.5 Å². The SMILES string of the molecule is C=CC1CC1(C=CCC)NC(=O)OCc1ccccc1.CCOP=O. The Morgan fingerprint density at radius 1 is 1.40 bits per heavy atom. The lowest BCUT2D eigenvalue weighted by Crippen LogP contribution is -2.37. The van der Waals surface area contributed by atoms with E-state index < -0.39 is 0 Å². The van der Waals surface area contributed by atoms with Crippen molar-refractivity contribution in [3.63, 3.8) is 0 Å². The van der Waals surface area contributed by atoms with Crippen LogP contribution in [-0.4, -0.2) is 18.2 Å². The van der Waals surface area contributed by atoms with Crippen LogP contribution in [0.5, 0.6) is 0 Å². The summed E-state index contributed by atoms with van der Waals surface area (Å²) in [6.07, 6.45) is 7.49. The molecule has 0 heterocycles. The van der Waals surface area contributed by atoms with Crippen molar-refractivity contribution in [3.05, 3.63) is 60.7 Å². The molecule has 1 saturated carbocycles. The van der Waals surface area contributed by atoms with Crippen LogP contribution in [0.2, 0.25) is 0 Å². The molecule has 1 fully saturated rings. The summed E-state index contributed by atoms with van der Waals surface area (Å²) in [6.45, 7) is 8.47. The molecule has 0 radical (unpaired) electrons. The lowest BCUT2D eigenvalue weighted by Gasteiger charge is -2.15. The van der Waals surface area contributed by atoms with Crippen molar-refractivity contribution >= 4 is 14.8 Å². The topological polar surface area (TPSA) is 64.6 Å². The Balaban J connectivity index is 0.000000550. The summed E-state index contributed by atoms with van der Waals surface area (Å²) in [6, 6.07) is 9.66. The van der Waals surface area contributed by atoms with Gasteiger partial charge >= 0.3 is 14.8 Å². The molecular weight excluding hydrogens is 337 g/mol. The number of ether oxygens (including phenoxy) is 1. The first-order chi connectivity index (χ1) is 12.1. The van der Waals surface area contributed by atoms with Crippen LogP contribution in [-0.2, 0) is 20.4 Å². The number of amides is 1. The summed E-state index contributed by atoms with van der Waals surface area (Å²) < 4.78 is 18.8. The normalized spacial score (nSPS) is 21.3. The predicted octanol–water partition coefficient (Wildman–Crippen LogP) is 5.05. The summed E-state index contributed by atoms with van der Waals surface area (Å²) in [5.74, 6) is 0.301. The largest absolute Gasteiger partial charge is 0.445 e. The van der Waals surface area contributed by atoms with Gasteiger partial charge in [0.1, 0.15) is 6.61 Å². The number of hydrogen-bond acceptors (Lipinski definition) is 4. The fraction of sp³-hybridized carbons (Fsp3) is 0.421. The Kier molecular flexibility index (Phi) is 9.75. The Labute approximate surface area is 151 Å². The van der Waals surface area contributed by atoms with Crippen LogP contribution in [0, 0.1) is 5.92 Å². The molecule has 0 bridgehead atoms. The molecule has 1 aliphatic rings. The quantitative estimate of drug-likeness (QED) is 0.518. The fourth-order valence-corrected chi connectivity index (χ4v) is 2.41. The number of hydrogen-bond donors (Lipinski definition) is 1. The molecule has 0 saturated heterocycles. The third-order valence-corrected chi connectivity index (χ3v) is 4.09. The summed E-state index contributed by atoms with van der Waals surface area (Å²) in [5.41, 5.74) is 0.697.